The second kappa shape index (κ2) is 11.9. The lowest BCUT2D eigenvalue weighted by Gasteiger charge is -2.23. The Morgan fingerprint density at radius 3 is 1.85 bits per heavy atom. The van der Waals surface area contributed by atoms with Crippen LogP contribution in [0.15, 0.2) is 24.3 Å². The van der Waals surface area contributed by atoms with Crippen molar-refractivity contribution >= 4 is 24.1 Å². The van der Waals surface area contributed by atoms with Crippen LogP contribution in [0, 0.1) is 11.8 Å². The molecule has 0 aromatic rings. The fourth-order valence-corrected chi connectivity index (χ4v) is 2.11. The summed E-state index contributed by atoms with van der Waals surface area (Å²) in [6, 6.07) is -0.205. The van der Waals surface area contributed by atoms with E-state index in [0.29, 0.717) is 13.0 Å². The Morgan fingerprint density at radius 1 is 0.889 bits per heavy atom. The topological polar surface area (TPSA) is 111 Å². The first-order valence-corrected chi connectivity index (χ1v) is 8.77. The van der Waals surface area contributed by atoms with Crippen LogP contribution in [0.5, 0.6) is 0 Å². The third kappa shape index (κ3) is 10.8. The Hall–Kier alpha value is -2.64. The molecule has 0 heterocycles. The minimum Gasteiger partial charge on any atom is -0.373 e. The zero-order valence-corrected chi connectivity index (χ0v) is 16.7. The molecule has 0 aliphatic heterocycles. The highest BCUT2D eigenvalue weighted by Gasteiger charge is 2.20. The van der Waals surface area contributed by atoms with Gasteiger partial charge in [-0.3, -0.25) is 0 Å². The third-order valence-corrected chi connectivity index (χ3v) is 3.95. The quantitative estimate of drug-likeness (QED) is 0.360. The van der Waals surface area contributed by atoms with Gasteiger partial charge in [0.25, 0.3) is 0 Å². The molecular weight excluding hydrogens is 352 g/mol. The number of rotatable bonds is 9. The fourth-order valence-electron chi connectivity index (χ4n) is 2.11. The van der Waals surface area contributed by atoms with Gasteiger partial charge < -0.3 is 20.1 Å². The zero-order valence-electron chi connectivity index (χ0n) is 16.7. The second-order valence-corrected chi connectivity index (χ2v) is 6.88. The van der Waals surface area contributed by atoms with Gasteiger partial charge in [-0.1, -0.05) is 27.0 Å². The number of carbonyl (C=O) groups is 4. The van der Waals surface area contributed by atoms with Crippen LogP contribution in [0.3, 0.4) is 0 Å². The fraction of sp³-hybridized carbons (Fsp3) is 0.579. The van der Waals surface area contributed by atoms with Crippen LogP contribution < -0.4 is 10.6 Å². The standard InChI is InChI=1S/C19H30N2O6/c1-11(2)16(22)26-18(24)20-9-8-13(5)10-14(6)15(7)21-19(25)27-17(23)12(3)4/h13-15H,1,3,8-10H2,2,4-7H3,(H,20,24)(H,21,25). The first-order valence-electron chi connectivity index (χ1n) is 8.77. The third-order valence-electron chi connectivity index (χ3n) is 3.95. The van der Waals surface area contributed by atoms with Gasteiger partial charge in [0.1, 0.15) is 0 Å². The minimum atomic E-state index is -0.804. The van der Waals surface area contributed by atoms with E-state index < -0.39 is 24.1 Å². The predicted octanol–water partition coefficient (Wildman–Crippen LogP) is 3.09. The highest BCUT2D eigenvalue weighted by molar-refractivity contribution is 5.95. The van der Waals surface area contributed by atoms with Crippen molar-refractivity contribution in [3.63, 3.8) is 0 Å². The largest absolute Gasteiger partial charge is 0.415 e. The number of amides is 2. The monoisotopic (exact) mass is 382 g/mol. The van der Waals surface area contributed by atoms with Crippen LogP contribution in [-0.2, 0) is 19.1 Å². The van der Waals surface area contributed by atoms with E-state index >= 15 is 0 Å². The molecule has 0 bridgehead atoms. The van der Waals surface area contributed by atoms with Crippen molar-refractivity contribution in [2.75, 3.05) is 6.54 Å². The Morgan fingerprint density at radius 2 is 1.37 bits per heavy atom. The van der Waals surface area contributed by atoms with E-state index in [2.05, 4.69) is 33.3 Å². The molecule has 0 spiro atoms. The van der Waals surface area contributed by atoms with Crippen LogP contribution in [-0.4, -0.2) is 36.7 Å². The van der Waals surface area contributed by atoms with Gasteiger partial charge in [-0.2, -0.15) is 0 Å². The summed E-state index contributed by atoms with van der Waals surface area (Å²) in [5, 5.41) is 5.13. The highest BCUT2D eigenvalue weighted by Crippen LogP contribution is 2.18. The van der Waals surface area contributed by atoms with Crippen molar-refractivity contribution in [2.24, 2.45) is 11.8 Å². The molecule has 0 aliphatic rings. The number of esters is 2. The Kier molecular flexibility index (Phi) is 10.7. The maximum absolute atomic E-state index is 11.7. The van der Waals surface area contributed by atoms with E-state index in [9.17, 15) is 19.2 Å². The Bertz CT molecular complexity index is 599. The first kappa shape index (κ1) is 24.4. The zero-order chi connectivity index (χ0) is 21.1. The molecule has 0 aromatic heterocycles. The first-order chi connectivity index (χ1) is 12.4. The number of hydrogen-bond donors (Lipinski definition) is 2. The van der Waals surface area contributed by atoms with E-state index in [-0.39, 0.29) is 29.0 Å². The van der Waals surface area contributed by atoms with Crippen LogP contribution in [0.2, 0.25) is 0 Å². The van der Waals surface area contributed by atoms with Crippen molar-refractivity contribution in [1.82, 2.24) is 10.6 Å². The van der Waals surface area contributed by atoms with Gasteiger partial charge in [-0.05, 0) is 45.4 Å². The molecule has 3 unspecified atom stereocenters. The lowest BCUT2D eigenvalue weighted by Crippen LogP contribution is -2.39. The summed E-state index contributed by atoms with van der Waals surface area (Å²) in [5.74, 6) is -1.16. The summed E-state index contributed by atoms with van der Waals surface area (Å²) in [7, 11) is 0. The van der Waals surface area contributed by atoms with Crippen molar-refractivity contribution in [3.05, 3.63) is 24.3 Å². The SMILES string of the molecule is C=C(C)C(=O)OC(=O)NCCC(C)CC(C)C(C)NC(=O)OC(=O)C(=C)C. The molecule has 2 N–H and O–H groups in total. The number of carbonyl (C=O) groups excluding carboxylic acids is 4. The molecule has 152 valence electrons. The van der Waals surface area contributed by atoms with E-state index in [4.69, 9.17) is 0 Å². The molecule has 2 amide bonds. The van der Waals surface area contributed by atoms with Crippen molar-refractivity contribution < 1.29 is 28.7 Å². The molecule has 0 radical (unpaired) electrons. The van der Waals surface area contributed by atoms with Crippen LogP contribution in [0.4, 0.5) is 9.59 Å². The molecule has 0 saturated carbocycles. The highest BCUT2D eigenvalue weighted by atomic mass is 16.6. The summed E-state index contributed by atoms with van der Waals surface area (Å²) >= 11 is 0. The van der Waals surface area contributed by atoms with Crippen LogP contribution in [0.25, 0.3) is 0 Å². The lowest BCUT2D eigenvalue weighted by molar-refractivity contribution is -0.134. The Labute approximate surface area is 160 Å². The Balaban J connectivity index is 4.17. The van der Waals surface area contributed by atoms with E-state index in [1.54, 1.807) is 0 Å². The summed E-state index contributed by atoms with van der Waals surface area (Å²) in [5.41, 5.74) is 0.299. The minimum absolute atomic E-state index is 0.115. The van der Waals surface area contributed by atoms with E-state index in [0.717, 1.165) is 6.42 Å². The van der Waals surface area contributed by atoms with Crippen LogP contribution >= 0.6 is 0 Å². The number of alkyl carbamates (subject to hydrolysis) is 2. The van der Waals surface area contributed by atoms with Crippen molar-refractivity contribution in [3.8, 4) is 0 Å². The number of nitrogens with one attached hydrogen (secondary N) is 2. The average Bonchev–Trinajstić information content (AvgIpc) is 2.53. The summed E-state index contributed by atoms with van der Waals surface area (Å²) in [6.07, 6.45) is -0.159. The lowest BCUT2D eigenvalue weighted by atomic mass is 9.90. The van der Waals surface area contributed by atoms with Crippen molar-refractivity contribution in [2.45, 2.75) is 53.5 Å². The summed E-state index contributed by atoms with van der Waals surface area (Å²) in [6.45, 7) is 15.9. The average molecular weight is 382 g/mol. The number of ether oxygens (including phenoxy) is 2. The van der Waals surface area contributed by atoms with Crippen molar-refractivity contribution in [1.29, 1.82) is 0 Å². The second-order valence-electron chi connectivity index (χ2n) is 6.88. The molecule has 0 aromatic carbocycles. The maximum atomic E-state index is 11.7. The summed E-state index contributed by atoms with van der Waals surface area (Å²) < 4.78 is 9.12. The summed E-state index contributed by atoms with van der Waals surface area (Å²) in [4.78, 5) is 45.6. The van der Waals surface area contributed by atoms with Gasteiger partial charge in [-0.15, -0.1) is 0 Å². The maximum Gasteiger partial charge on any atom is 0.415 e. The smallest absolute Gasteiger partial charge is 0.373 e. The van der Waals surface area contributed by atoms with Gasteiger partial charge in [0.15, 0.2) is 0 Å². The van der Waals surface area contributed by atoms with Gasteiger partial charge >= 0.3 is 24.1 Å². The molecule has 0 saturated heterocycles. The molecule has 0 aliphatic carbocycles. The molecule has 0 rings (SSSR count). The van der Waals surface area contributed by atoms with E-state index in [1.807, 2.05) is 20.8 Å². The van der Waals surface area contributed by atoms with Gasteiger partial charge in [0, 0.05) is 23.7 Å². The van der Waals surface area contributed by atoms with Gasteiger partial charge in [-0.25, -0.2) is 19.2 Å². The van der Waals surface area contributed by atoms with Crippen LogP contribution in [0.1, 0.15) is 47.5 Å². The molecule has 8 heteroatoms. The molecule has 0 fully saturated rings. The van der Waals surface area contributed by atoms with Gasteiger partial charge in [0.2, 0.25) is 0 Å². The molecule has 27 heavy (non-hydrogen) atoms. The normalized spacial score (nSPS) is 13.5. The number of hydrogen-bond acceptors (Lipinski definition) is 6. The molecular formula is C19H30N2O6. The predicted molar refractivity (Wildman–Crippen MR) is 101 cm³/mol. The molecule has 3 atom stereocenters. The molecule has 8 nitrogen and oxygen atoms in total. The van der Waals surface area contributed by atoms with Gasteiger partial charge in [0.05, 0.1) is 0 Å². The van der Waals surface area contributed by atoms with E-state index in [1.165, 1.54) is 13.8 Å².